The molecular weight excluding hydrogens is 412 g/mol. The Balaban J connectivity index is 1.66. The summed E-state index contributed by atoms with van der Waals surface area (Å²) >= 11 is 3.38. The number of hydrogen-bond donors (Lipinski definition) is 1. The molecule has 7 heteroatoms. The Hall–Kier alpha value is -2.38. The van der Waals surface area contributed by atoms with Crippen molar-refractivity contribution < 1.29 is 19.1 Å². The summed E-state index contributed by atoms with van der Waals surface area (Å²) in [5.41, 5.74) is 1.66. The summed E-state index contributed by atoms with van der Waals surface area (Å²) in [6.45, 7) is 2.40. The topological polar surface area (TPSA) is 67.9 Å². The Morgan fingerprint density at radius 1 is 1.11 bits per heavy atom. The minimum atomic E-state index is -0.266. The molecule has 2 rings (SSSR count). The zero-order chi connectivity index (χ0) is 19.6. The van der Waals surface area contributed by atoms with Crippen LogP contribution < -0.4 is 10.1 Å². The second-order valence-electron chi connectivity index (χ2n) is 5.97. The van der Waals surface area contributed by atoms with E-state index in [0.29, 0.717) is 13.2 Å². The molecule has 0 heterocycles. The number of benzene rings is 2. The Morgan fingerprint density at radius 2 is 1.85 bits per heavy atom. The number of nitrogens with one attached hydrogen (secondary N) is 1. The Kier molecular flexibility index (Phi) is 8.29. The van der Waals surface area contributed by atoms with Crippen molar-refractivity contribution in [2.45, 2.75) is 6.92 Å². The number of aryl methyl sites for hydroxylation is 1. The van der Waals surface area contributed by atoms with E-state index in [0.717, 1.165) is 21.5 Å². The molecule has 0 saturated heterocycles. The van der Waals surface area contributed by atoms with Gasteiger partial charge in [-0.15, -0.1) is 0 Å². The summed E-state index contributed by atoms with van der Waals surface area (Å²) in [5, 5.41) is 2.80. The SMILES string of the molecule is Cc1cc(Br)ccc1NC(=O)CN(C)C(=O)COCCOc1ccccc1. The highest BCUT2D eigenvalue weighted by Crippen LogP contribution is 2.19. The first-order valence-corrected chi connectivity index (χ1v) is 9.30. The highest BCUT2D eigenvalue weighted by atomic mass is 79.9. The summed E-state index contributed by atoms with van der Waals surface area (Å²) < 4.78 is 11.7. The van der Waals surface area contributed by atoms with Gasteiger partial charge in [0.05, 0.1) is 13.2 Å². The number of amides is 2. The van der Waals surface area contributed by atoms with Crippen LogP contribution in [0, 0.1) is 6.92 Å². The minimum Gasteiger partial charge on any atom is -0.491 e. The number of ether oxygens (including phenoxy) is 2. The number of anilines is 1. The molecule has 2 amide bonds. The summed E-state index contributed by atoms with van der Waals surface area (Å²) in [6.07, 6.45) is 0. The average molecular weight is 435 g/mol. The molecule has 0 fully saturated rings. The Labute approximate surface area is 167 Å². The molecule has 1 N–H and O–H groups in total. The predicted molar refractivity (Wildman–Crippen MR) is 108 cm³/mol. The van der Waals surface area contributed by atoms with E-state index < -0.39 is 0 Å². The lowest BCUT2D eigenvalue weighted by molar-refractivity contribution is -0.137. The summed E-state index contributed by atoms with van der Waals surface area (Å²) in [5.74, 6) is 0.227. The molecule has 0 bridgehead atoms. The van der Waals surface area contributed by atoms with Crippen molar-refractivity contribution in [1.29, 1.82) is 0 Å². The molecule has 0 aliphatic heterocycles. The van der Waals surface area contributed by atoms with E-state index in [1.807, 2.05) is 55.5 Å². The summed E-state index contributed by atoms with van der Waals surface area (Å²) in [7, 11) is 1.57. The standard InChI is InChI=1S/C20H23BrN2O4/c1-15-12-16(21)8-9-18(15)22-19(24)13-23(2)20(25)14-26-10-11-27-17-6-4-3-5-7-17/h3-9,12H,10-11,13-14H2,1-2H3,(H,22,24). The fourth-order valence-electron chi connectivity index (χ4n) is 2.27. The normalized spacial score (nSPS) is 10.3. The van der Waals surface area contributed by atoms with Gasteiger partial charge in [0.25, 0.3) is 0 Å². The number of carbonyl (C=O) groups excluding carboxylic acids is 2. The van der Waals surface area contributed by atoms with E-state index in [2.05, 4.69) is 21.2 Å². The van der Waals surface area contributed by atoms with Gasteiger partial charge in [0.15, 0.2) is 0 Å². The number of halogens is 1. The van der Waals surface area contributed by atoms with E-state index >= 15 is 0 Å². The van der Waals surface area contributed by atoms with Gasteiger partial charge in [-0.05, 0) is 42.8 Å². The quantitative estimate of drug-likeness (QED) is 0.615. The zero-order valence-electron chi connectivity index (χ0n) is 15.4. The van der Waals surface area contributed by atoms with Gasteiger partial charge in [0.1, 0.15) is 19.0 Å². The highest BCUT2D eigenvalue weighted by Gasteiger charge is 2.14. The predicted octanol–water partition coefficient (Wildman–Crippen LogP) is 3.25. The number of hydrogen-bond acceptors (Lipinski definition) is 4. The molecule has 0 aliphatic carbocycles. The molecule has 0 aliphatic rings. The van der Waals surface area contributed by atoms with Crippen molar-refractivity contribution >= 4 is 33.4 Å². The maximum absolute atomic E-state index is 12.1. The van der Waals surface area contributed by atoms with Gasteiger partial charge in [0.2, 0.25) is 11.8 Å². The van der Waals surface area contributed by atoms with E-state index in [1.165, 1.54) is 4.90 Å². The summed E-state index contributed by atoms with van der Waals surface area (Å²) in [6, 6.07) is 15.0. The minimum absolute atomic E-state index is 0.0434. The third-order valence-electron chi connectivity index (χ3n) is 3.73. The molecule has 0 aromatic heterocycles. The molecular formula is C20H23BrN2O4. The third kappa shape index (κ3) is 7.40. The number of rotatable bonds is 9. The molecule has 0 spiro atoms. The molecule has 0 saturated carbocycles. The number of para-hydroxylation sites is 1. The first-order valence-electron chi connectivity index (χ1n) is 8.51. The molecule has 6 nitrogen and oxygen atoms in total. The van der Waals surface area contributed by atoms with Gasteiger partial charge in [-0.25, -0.2) is 0 Å². The van der Waals surface area contributed by atoms with Gasteiger partial charge in [-0.2, -0.15) is 0 Å². The van der Waals surface area contributed by atoms with Crippen molar-refractivity contribution in [1.82, 2.24) is 4.90 Å². The lowest BCUT2D eigenvalue weighted by Gasteiger charge is -2.17. The van der Waals surface area contributed by atoms with Crippen LogP contribution in [0.5, 0.6) is 5.75 Å². The van der Waals surface area contributed by atoms with Crippen molar-refractivity contribution in [3.63, 3.8) is 0 Å². The maximum Gasteiger partial charge on any atom is 0.248 e. The Bertz CT molecular complexity index is 768. The first-order chi connectivity index (χ1) is 13.0. The first kappa shape index (κ1) is 20.9. The van der Waals surface area contributed by atoms with Crippen LogP contribution in [0.25, 0.3) is 0 Å². The second kappa shape index (κ2) is 10.7. The van der Waals surface area contributed by atoms with Crippen LogP contribution in [0.2, 0.25) is 0 Å². The van der Waals surface area contributed by atoms with Gasteiger partial charge >= 0.3 is 0 Å². The molecule has 0 radical (unpaired) electrons. The highest BCUT2D eigenvalue weighted by molar-refractivity contribution is 9.10. The fraction of sp³-hybridized carbons (Fsp3) is 0.300. The third-order valence-corrected chi connectivity index (χ3v) is 4.23. The van der Waals surface area contributed by atoms with Crippen LogP contribution in [0.3, 0.4) is 0 Å². The van der Waals surface area contributed by atoms with E-state index in [1.54, 1.807) is 7.05 Å². The molecule has 0 unspecified atom stereocenters. The van der Waals surface area contributed by atoms with Gasteiger partial charge in [-0.1, -0.05) is 34.1 Å². The fourth-order valence-corrected chi connectivity index (χ4v) is 2.74. The van der Waals surface area contributed by atoms with Crippen LogP contribution in [0.1, 0.15) is 5.56 Å². The number of nitrogens with zero attached hydrogens (tertiary/aromatic N) is 1. The molecule has 2 aromatic carbocycles. The van der Waals surface area contributed by atoms with E-state index in [4.69, 9.17) is 9.47 Å². The van der Waals surface area contributed by atoms with Crippen molar-refractivity contribution in [2.75, 3.05) is 38.7 Å². The van der Waals surface area contributed by atoms with Crippen LogP contribution in [0.4, 0.5) is 5.69 Å². The van der Waals surface area contributed by atoms with Gasteiger partial charge < -0.3 is 19.7 Å². The van der Waals surface area contributed by atoms with Crippen molar-refractivity contribution in [2.24, 2.45) is 0 Å². The zero-order valence-corrected chi connectivity index (χ0v) is 17.0. The van der Waals surface area contributed by atoms with Crippen LogP contribution in [-0.2, 0) is 14.3 Å². The largest absolute Gasteiger partial charge is 0.491 e. The van der Waals surface area contributed by atoms with Gasteiger partial charge in [-0.3, -0.25) is 9.59 Å². The lowest BCUT2D eigenvalue weighted by Crippen LogP contribution is -2.37. The smallest absolute Gasteiger partial charge is 0.248 e. The Morgan fingerprint density at radius 3 is 2.56 bits per heavy atom. The lowest BCUT2D eigenvalue weighted by atomic mass is 10.2. The number of likely N-dealkylation sites (N-methyl/N-ethyl adjacent to an activating group) is 1. The van der Waals surface area contributed by atoms with E-state index in [9.17, 15) is 9.59 Å². The molecule has 27 heavy (non-hydrogen) atoms. The molecule has 2 aromatic rings. The second-order valence-corrected chi connectivity index (χ2v) is 6.89. The summed E-state index contributed by atoms with van der Waals surface area (Å²) in [4.78, 5) is 25.5. The molecule has 144 valence electrons. The van der Waals surface area contributed by atoms with Crippen LogP contribution >= 0.6 is 15.9 Å². The van der Waals surface area contributed by atoms with E-state index in [-0.39, 0.29) is 25.0 Å². The van der Waals surface area contributed by atoms with Crippen LogP contribution in [-0.4, -0.2) is 50.1 Å². The van der Waals surface area contributed by atoms with Crippen molar-refractivity contribution in [3.05, 3.63) is 58.6 Å². The monoisotopic (exact) mass is 434 g/mol. The van der Waals surface area contributed by atoms with Crippen molar-refractivity contribution in [3.8, 4) is 5.75 Å². The average Bonchev–Trinajstić information content (AvgIpc) is 2.64. The number of carbonyl (C=O) groups is 2. The molecule has 0 atom stereocenters. The van der Waals surface area contributed by atoms with Gasteiger partial charge in [0, 0.05) is 17.2 Å². The van der Waals surface area contributed by atoms with Crippen LogP contribution in [0.15, 0.2) is 53.0 Å². The maximum atomic E-state index is 12.1.